The Kier molecular flexibility index (Phi) is 5.81. The predicted octanol–water partition coefficient (Wildman–Crippen LogP) is 2.96. The maximum Gasteiger partial charge on any atom is 0.0472 e. The molecule has 0 aliphatic carbocycles. The normalized spacial score (nSPS) is 18.6. The van der Waals surface area contributed by atoms with Crippen molar-refractivity contribution >= 4 is 0 Å². The van der Waals surface area contributed by atoms with Crippen LogP contribution in [0.2, 0.25) is 0 Å². The number of hydrogen-bond donors (Lipinski definition) is 1. The van der Waals surface area contributed by atoms with Crippen LogP contribution in [0.5, 0.6) is 0 Å². The number of rotatable bonds is 7. The van der Waals surface area contributed by atoms with Crippen LogP contribution in [-0.2, 0) is 13.0 Å². The van der Waals surface area contributed by atoms with Crippen molar-refractivity contribution in [3.05, 3.63) is 71.8 Å². The van der Waals surface area contributed by atoms with E-state index < -0.39 is 0 Å². The summed E-state index contributed by atoms with van der Waals surface area (Å²) in [4.78, 5) is 0. The van der Waals surface area contributed by atoms with Crippen molar-refractivity contribution in [1.82, 2.24) is 10.0 Å². The highest BCUT2D eigenvalue weighted by atomic mass is 16.3. The fraction of sp³-hybridized carbons (Fsp3) is 0.400. The minimum atomic E-state index is 0.300. The van der Waals surface area contributed by atoms with Gasteiger partial charge in [0, 0.05) is 32.8 Å². The van der Waals surface area contributed by atoms with Crippen molar-refractivity contribution in [3.8, 4) is 0 Å². The molecule has 1 saturated heterocycles. The molecule has 1 aliphatic heterocycles. The van der Waals surface area contributed by atoms with Crippen molar-refractivity contribution in [2.24, 2.45) is 5.92 Å². The van der Waals surface area contributed by atoms with Gasteiger partial charge in [0.1, 0.15) is 0 Å². The van der Waals surface area contributed by atoms with Gasteiger partial charge in [-0.25, -0.2) is 10.0 Å². The largest absolute Gasteiger partial charge is 0.396 e. The number of hydrogen-bond acceptors (Lipinski definition) is 3. The van der Waals surface area contributed by atoms with E-state index in [0.29, 0.717) is 12.5 Å². The quantitative estimate of drug-likeness (QED) is 0.852. The second kappa shape index (κ2) is 8.25. The first-order valence-electron chi connectivity index (χ1n) is 8.53. The standard InChI is InChI=1S/C20H26N2O/c23-17-20-12-14-22(16-20)21(15-19-9-5-2-6-10-19)13-11-18-7-3-1-4-8-18/h1-10,20,23H,11-17H2/t20-/m1/s1. The molecular weight excluding hydrogens is 284 g/mol. The van der Waals surface area contributed by atoms with Gasteiger partial charge in [-0.05, 0) is 29.9 Å². The second-order valence-corrected chi connectivity index (χ2v) is 6.36. The van der Waals surface area contributed by atoms with Crippen molar-refractivity contribution in [2.45, 2.75) is 19.4 Å². The molecule has 1 heterocycles. The monoisotopic (exact) mass is 310 g/mol. The maximum atomic E-state index is 9.42. The molecule has 0 radical (unpaired) electrons. The van der Waals surface area contributed by atoms with Gasteiger partial charge < -0.3 is 5.11 Å². The molecule has 0 unspecified atom stereocenters. The van der Waals surface area contributed by atoms with Gasteiger partial charge in [0.25, 0.3) is 0 Å². The molecule has 0 bridgehead atoms. The fourth-order valence-electron chi connectivity index (χ4n) is 3.24. The van der Waals surface area contributed by atoms with E-state index in [1.807, 2.05) is 0 Å². The Morgan fingerprint density at radius 2 is 1.61 bits per heavy atom. The maximum absolute atomic E-state index is 9.42. The number of hydrazine groups is 1. The predicted molar refractivity (Wildman–Crippen MR) is 93.8 cm³/mol. The van der Waals surface area contributed by atoms with Gasteiger partial charge in [-0.2, -0.15) is 0 Å². The van der Waals surface area contributed by atoms with Crippen molar-refractivity contribution in [2.75, 3.05) is 26.2 Å². The Labute approximate surface area is 139 Å². The van der Waals surface area contributed by atoms with E-state index in [1.54, 1.807) is 0 Å². The molecular formula is C20H26N2O. The summed E-state index contributed by atoms with van der Waals surface area (Å²) in [6.07, 6.45) is 2.14. The van der Waals surface area contributed by atoms with Crippen LogP contribution in [0.3, 0.4) is 0 Å². The zero-order valence-corrected chi connectivity index (χ0v) is 13.6. The summed E-state index contributed by atoms with van der Waals surface area (Å²) >= 11 is 0. The first-order chi connectivity index (χ1) is 11.3. The molecule has 3 heteroatoms. The van der Waals surface area contributed by atoms with Gasteiger partial charge in [-0.15, -0.1) is 0 Å². The first-order valence-corrected chi connectivity index (χ1v) is 8.53. The number of aliphatic hydroxyl groups excluding tert-OH is 1. The van der Waals surface area contributed by atoms with Crippen LogP contribution in [0.25, 0.3) is 0 Å². The molecule has 3 nitrogen and oxygen atoms in total. The number of benzene rings is 2. The van der Waals surface area contributed by atoms with Crippen LogP contribution >= 0.6 is 0 Å². The molecule has 2 aromatic carbocycles. The first kappa shape index (κ1) is 16.2. The smallest absolute Gasteiger partial charge is 0.0472 e. The van der Waals surface area contributed by atoms with E-state index in [1.165, 1.54) is 11.1 Å². The third-order valence-electron chi connectivity index (χ3n) is 4.63. The average Bonchev–Trinajstić information content (AvgIpc) is 3.09. The fourth-order valence-corrected chi connectivity index (χ4v) is 3.24. The average molecular weight is 310 g/mol. The number of nitrogens with zero attached hydrogens (tertiary/aromatic N) is 2. The van der Waals surface area contributed by atoms with Crippen LogP contribution in [0.4, 0.5) is 0 Å². The van der Waals surface area contributed by atoms with E-state index in [0.717, 1.165) is 39.0 Å². The highest BCUT2D eigenvalue weighted by molar-refractivity contribution is 5.16. The molecule has 1 aliphatic rings. The third kappa shape index (κ3) is 4.64. The lowest BCUT2D eigenvalue weighted by Gasteiger charge is -2.32. The van der Waals surface area contributed by atoms with E-state index in [9.17, 15) is 5.11 Å². The molecule has 1 N–H and O–H groups in total. The van der Waals surface area contributed by atoms with Crippen LogP contribution in [0.1, 0.15) is 17.5 Å². The Hall–Kier alpha value is -1.68. The molecule has 1 fully saturated rings. The molecule has 0 spiro atoms. The Morgan fingerprint density at radius 3 is 2.22 bits per heavy atom. The zero-order chi connectivity index (χ0) is 15.9. The van der Waals surface area contributed by atoms with Crippen LogP contribution < -0.4 is 0 Å². The SMILES string of the molecule is OC[C@@H]1CCN(N(CCc2ccccc2)Cc2ccccc2)C1. The van der Waals surface area contributed by atoms with Gasteiger partial charge in [0.15, 0.2) is 0 Å². The minimum absolute atomic E-state index is 0.300. The van der Waals surface area contributed by atoms with Crippen LogP contribution in [0.15, 0.2) is 60.7 Å². The summed E-state index contributed by atoms with van der Waals surface area (Å²) in [5.74, 6) is 0.421. The summed E-state index contributed by atoms with van der Waals surface area (Å²) < 4.78 is 0. The summed E-state index contributed by atoms with van der Waals surface area (Å²) in [6.45, 7) is 4.27. The summed E-state index contributed by atoms with van der Waals surface area (Å²) in [7, 11) is 0. The lowest BCUT2D eigenvalue weighted by molar-refractivity contribution is -0.0160. The third-order valence-corrected chi connectivity index (χ3v) is 4.63. The molecule has 122 valence electrons. The molecule has 23 heavy (non-hydrogen) atoms. The van der Waals surface area contributed by atoms with E-state index >= 15 is 0 Å². The van der Waals surface area contributed by atoms with Gasteiger partial charge >= 0.3 is 0 Å². The zero-order valence-electron chi connectivity index (χ0n) is 13.6. The lowest BCUT2D eigenvalue weighted by atomic mass is 10.1. The van der Waals surface area contributed by atoms with Gasteiger partial charge in [0.2, 0.25) is 0 Å². The molecule has 0 saturated carbocycles. The molecule has 3 rings (SSSR count). The molecule has 1 atom stereocenters. The van der Waals surface area contributed by atoms with Crippen LogP contribution in [0, 0.1) is 5.92 Å². The highest BCUT2D eigenvalue weighted by Crippen LogP contribution is 2.20. The second-order valence-electron chi connectivity index (χ2n) is 6.36. The number of aliphatic hydroxyl groups is 1. The summed E-state index contributed by atoms with van der Waals surface area (Å²) in [5.41, 5.74) is 2.72. The van der Waals surface area contributed by atoms with E-state index in [4.69, 9.17) is 0 Å². The van der Waals surface area contributed by atoms with Crippen molar-refractivity contribution < 1.29 is 5.11 Å². The van der Waals surface area contributed by atoms with Gasteiger partial charge in [-0.1, -0.05) is 60.7 Å². The molecule has 0 aromatic heterocycles. The highest BCUT2D eigenvalue weighted by Gasteiger charge is 2.26. The Balaban J connectivity index is 1.65. The van der Waals surface area contributed by atoms with E-state index in [-0.39, 0.29) is 0 Å². The van der Waals surface area contributed by atoms with Crippen molar-refractivity contribution in [3.63, 3.8) is 0 Å². The minimum Gasteiger partial charge on any atom is -0.396 e. The van der Waals surface area contributed by atoms with Crippen LogP contribution in [-0.4, -0.2) is 41.4 Å². The molecule has 0 amide bonds. The van der Waals surface area contributed by atoms with E-state index in [2.05, 4.69) is 70.7 Å². The van der Waals surface area contributed by atoms with Crippen molar-refractivity contribution in [1.29, 1.82) is 0 Å². The van der Waals surface area contributed by atoms with Gasteiger partial charge in [-0.3, -0.25) is 0 Å². The summed E-state index contributed by atoms with van der Waals surface area (Å²) in [6, 6.07) is 21.3. The lowest BCUT2D eigenvalue weighted by Crippen LogP contribution is -2.42. The summed E-state index contributed by atoms with van der Waals surface area (Å²) in [5, 5.41) is 14.3. The molecule has 2 aromatic rings. The Morgan fingerprint density at radius 1 is 0.957 bits per heavy atom. The topological polar surface area (TPSA) is 26.7 Å². The Bertz CT molecular complexity index is 573. The van der Waals surface area contributed by atoms with Gasteiger partial charge in [0.05, 0.1) is 0 Å².